The Morgan fingerprint density at radius 1 is 1.50 bits per heavy atom. The molecule has 3 nitrogen and oxygen atoms in total. The second-order valence-electron chi connectivity index (χ2n) is 3.66. The zero-order valence-corrected chi connectivity index (χ0v) is 10.4. The van der Waals surface area contributed by atoms with Gasteiger partial charge in [0, 0.05) is 6.20 Å². The van der Waals surface area contributed by atoms with Crippen LogP contribution in [-0.2, 0) is 6.18 Å². The van der Waals surface area contributed by atoms with Crippen LogP contribution in [0.2, 0.25) is 0 Å². The van der Waals surface area contributed by atoms with E-state index in [4.69, 9.17) is 0 Å². The zero-order valence-electron chi connectivity index (χ0n) is 9.58. The van der Waals surface area contributed by atoms with Gasteiger partial charge in [0.1, 0.15) is 10.6 Å². The number of thiazole rings is 1. The Bertz CT molecular complexity index is 637. The van der Waals surface area contributed by atoms with Gasteiger partial charge in [-0.05, 0) is 19.9 Å². The van der Waals surface area contributed by atoms with Gasteiger partial charge in [0.25, 0.3) is 0 Å². The maximum absolute atomic E-state index is 12.5. The lowest BCUT2D eigenvalue weighted by Gasteiger charge is -2.00. The van der Waals surface area contributed by atoms with Gasteiger partial charge in [-0.1, -0.05) is 17.4 Å². The summed E-state index contributed by atoms with van der Waals surface area (Å²) in [5.41, 5.74) is 0.605. The maximum Gasteiger partial charge on any atom is 0.427 e. The molecule has 0 aliphatic carbocycles. The first kappa shape index (κ1) is 12.8. The van der Waals surface area contributed by atoms with E-state index in [1.807, 2.05) is 0 Å². The number of halogens is 3. The summed E-state index contributed by atoms with van der Waals surface area (Å²) in [6.45, 7) is 3.26. The highest BCUT2D eigenvalue weighted by atomic mass is 32.1. The van der Waals surface area contributed by atoms with Crippen molar-refractivity contribution in [1.29, 1.82) is 0 Å². The minimum Gasteiger partial charge on any atom is -0.294 e. The normalized spacial score (nSPS) is 12.7. The molecule has 0 atom stereocenters. The van der Waals surface area contributed by atoms with Crippen LogP contribution in [-0.4, -0.2) is 15.2 Å². The molecule has 0 saturated heterocycles. The number of hydrogen-bond acceptors (Lipinski definition) is 3. The SMILES string of the molecule is CC=CC(=O)c1nc2sc(C(F)(F)F)cn2c1C. The molecule has 2 aromatic rings. The maximum atomic E-state index is 12.5. The molecule has 0 radical (unpaired) electrons. The number of nitrogens with zero attached hydrogens (tertiary/aromatic N) is 2. The lowest BCUT2D eigenvalue weighted by Crippen LogP contribution is -2.02. The molecule has 0 aliphatic rings. The van der Waals surface area contributed by atoms with Gasteiger partial charge in [0.15, 0.2) is 4.96 Å². The number of imidazole rings is 1. The van der Waals surface area contributed by atoms with E-state index in [9.17, 15) is 18.0 Å². The van der Waals surface area contributed by atoms with Gasteiger partial charge >= 0.3 is 6.18 Å². The lowest BCUT2D eigenvalue weighted by atomic mass is 10.2. The van der Waals surface area contributed by atoms with Crippen LogP contribution in [0.25, 0.3) is 4.96 Å². The average molecular weight is 274 g/mol. The Balaban J connectivity index is 2.54. The number of rotatable bonds is 2. The summed E-state index contributed by atoms with van der Waals surface area (Å²) in [5.74, 6) is -0.306. The summed E-state index contributed by atoms with van der Waals surface area (Å²) in [5, 5.41) is 0. The third-order valence-electron chi connectivity index (χ3n) is 2.40. The number of allylic oxidation sites excluding steroid dienone is 2. The molecule has 96 valence electrons. The molecule has 7 heteroatoms. The molecule has 0 amide bonds. The molecule has 18 heavy (non-hydrogen) atoms. The Morgan fingerprint density at radius 2 is 2.17 bits per heavy atom. The zero-order chi connectivity index (χ0) is 13.5. The first-order valence-corrected chi connectivity index (χ1v) is 5.89. The quantitative estimate of drug-likeness (QED) is 0.620. The second kappa shape index (κ2) is 4.24. The van der Waals surface area contributed by atoms with Crippen molar-refractivity contribution >= 4 is 22.1 Å². The van der Waals surface area contributed by atoms with Crippen LogP contribution in [0.5, 0.6) is 0 Å². The van der Waals surface area contributed by atoms with E-state index in [2.05, 4.69) is 4.98 Å². The van der Waals surface area contributed by atoms with Crippen molar-refractivity contribution in [3.05, 3.63) is 34.6 Å². The van der Waals surface area contributed by atoms with Crippen molar-refractivity contribution in [1.82, 2.24) is 9.38 Å². The van der Waals surface area contributed by atoms with E-state index >= 15 is 0 Å². The smallest absolute Gasteiger partial charge is 0.294 e. The number of fused-ring (bicyclic) bond motifs is 1. The molecule has 2 heterocycles. The summed E-state index contributed by atoms with van der Waals surface area (Å²) in [4.78, 5) is 15.0. The Kier molecular flexibility index (Phi) is 3.02. The van der Waals surface area contributed by atoms with Gasteiger partial charge in [-0.25, -0.2) is 4.98 Å². The summed E-state index contributed by atoms with van der Waals surface area (Å²) in [6.07, 6.45) is -0.513. The van der Waals surface area contributed by atoms with E-state index < -0.39 is 11.1 Å². The minimum absolute atomic E-state index is 0.174. The molecule has 0 unspecified atom stereocenters. The molecule has 2 rings (SSSR count). The molecular formula is C11H9F3N2OS. The van der Waals surface area contributed by atoms with E-state index in [-0.39, 0.29) is 16.4 Å². The monoisotopic (exact) mass is 274 g/mol. The molecule has 0 aliphatic heterocycles. The lowest BCUT2D eigenvalue weighted by molar-refractivity contribution is -0.134. The highest BCUT2D eigenvalue weighted by molar-refractivity contribution is 7.17. The fourth-order valence-electron chi connectivity index (χ4n) is 1.55. The standard InChI is InChI=1S/C11H9F3N2OS/c1-3-4-7(17)9-6(2)16-5-8(11(12,13)14)18-10(16)15-9/h3-5H,1-2H3. The van der Waals surface area contributed by atoms with Crippen molar-refractivity contribution in [2.24, 2.45) is 0 Å². The van der Waals surface area contributed by atoms with Gasteiger partial charge in [-0.15, -0.1) is 0 Å². The van der Waals surface area contributed by atoms with E-state index in [0.717, 1.165) is 6.20 Å². The van der Waals surface area contributed by atoms with Crippen molar-refractivity contribution in [2.75, 3.05) is 0 Å². The summed E-state index contributed by atoms with van der Waals surface area (Å²) in [6, 6.07) is 0. The van der Waals surface area contributed by atoms with Crippen LogP contribution >= 0.6 is 11.3 Å². The van der Waals surface area contributed by atoms with E-state index in [0.29, 0.717) is 17.0 Å². The van der Waals surface area contributed by atoms with Gasteiger partial charge in [0.05, 0.1) is 5.69 Å². The minimum atomic E-state index is -4.38. The fourth-order valence-corrected chi connectivity index (χ4v) is 2.44. The number of alkyl halides is 3. The number of carbonyl (C=O) groups is 1. The number of aryl methyl sites for hydroxylation is 1. The Morgan fingerprint density at radius 3 is 2.67 bits per heavy atom. The van der Waals surface area contributed by atoms with E-state index in [1.54, 1.807) is 19.9 Å². The highest BCUT2D eigenvalue weighted by Crippen LogP contribution is 2.35. The third-order valence-corrected chi connectivity index (χ3v) is 3.42. The number of ketones is 1. The van der Waals surface area contributed by atoms with Crippen molar-refractivity contribution in [3.8, 4) is 0 Å². The molecule has 0 aromatic carbocycles. The van der Waals surface area contributed by atoms with Gasteiger partial charge in [0.2, 0.25) is 5.78 Å². The fraction of sp³-hybridized carbons (Fsp3) is 0.273. The van der Waals surface area contributed by atoms with Crippen LogP contribution in [0.15, 0.2) is 18.3 Å². The molecule has 0 fully saturated rings. The topological polar surface area (TPSA) is 34.4 Å². The van der Waals surface area contributed by atoms with Crippen LogP contribution < -0.4 is 0 Å². The Hall–Kier alpha value is -1.63. The molecule has 0 bridgehead atoms. The molecule has 2 aromatic heterocycles. The number of carbonyl (C=O) groups excluding carboxylic acids is 1. The predicted molar refractivity (Wildman–Crippen MR) is 62.0 cm³/mol. The molecule has 0 saturated carbocycles. The van der Waals surface area contributed by atoms with Crippen molar-refractivity contribution in [2.45, 2.75) is 20.0 Å². The summed E-state index contributed by atoms with van der Waals surface area (Å²) in [7, 11) is 0. The van der Waals surface area contributed by atoms with Gasteiger partial charge in [-0.3, -0.25) is 9.20 Å². The van der Waals surface area contributed by atoms with E-state index in [1.165, 1.54) is 10.5 Å². The first-order chi connectivity index (χ1) is 8.34. The van der Waals surface area contributed by atoms with Crippen LogP contribution in [0.1, 0.15) is 28.0 Å². The number of hydrogen-bond donors (Lipinski definition) is 0. The highest BCUT2D eigenvalue weighted by Gasteiger charge is 2.34. The van der Waals surface area contributed by atoms with Crippen molar-refractivity contribution in [3.63, 3.8) is 0 Å². The Labute approximate surface area is 105 Å². The molecular weight excluding hydrogens is 265 g/mol. The largest absolute Gasteiger partial charge is 0.427 e. The van der Waals surface area contributed by atoms with Crippen LogP contribution in [0.3, 0.4) is 0 Å². The molecule has 0 N–H and O–H groups in total. The average Bonchev–Trinajstić information content (AvgIpc) is 2.78. The van der Waals surface area contributed by atoms with Crippen molar-refractivity contribution < 1.29 is 18.0 Å². The summed E-state index contributed by atoms with van der Waals surface area (Å²) < 4.78 is 38.8. The first-order valence-electron chi connectivity index (χ1n) is 5.07. The summed E-state index contributed by atoms with van der Waals surface area (Å²) >= 11 is 0.525. The predicted octanol–water partition coefficient (Wildman–Crippen LogP) is 3.48. The van der Waals surface area contributed by atoms with Crippen LogP contribution in [0.4, 0.5) is 13.2 Å². The second-order valence-corrected chi connectivity index (χ2v) is 4.66. The molecule has 0 spiro atoms. The van der Waals surface area contributed by atoms with Gasteiger partial charge in [-0.2, -0.15) is 13.2 Å². The van der Waals surface area contributed by atoms with Gasteiger partial charge < -0.3 is 0 Å². The van der Waals surface area contributed by atoms with Crippen LogP contribution in [0, 0.1) is 6.92 Å². The third kappa shape index (κ3) is 2.05. The number of aromatic nitrogens is 2.